The lowest BCUT2D eigenvalue weighted by Crippen LogP contribution is -2.13. The summed E-state index contributed by atoms with van der Waals surface area (Å²) < 4.78 is 1.96. The summed E-state index contributed by atoms with van der Waals surface area (Å²) in [4.78, 5) is 12.1. The monoisotopic (exact) mass is 352 g/mol. The number of hydrogen-bond donors (Lipinski definition) is 1. The molecular formula is C19H20N4OS. The van der Waals surface area contributed by atoms with E-state index >= 15 is 0 Å². The van der Waals surface area contributed by atoms with Gasteiger partial charge in [-0.2, -0.15) is 0 Å². The first kappa shape index (κ1) is 17.2. The second-order valence-electron chi connectivity index (χ2n) is 5.69. The van der Waals surface area contributed by atoms with Gasteiger partial charge in [0.15, 0.2) is 11.0 Å². The topological polar surface area (TPSA) is 59.8 Å². The van der Waals surface area contributed by atoms with Crippen molar-refractivity contribution in [2.75, 3.05) is 11.1 Å². The van der Waals surface area contributed by atoms with Gasteiger partial charge in [0, 0.05) is 30.5 Å². The fraction of sp³-hybridized carbons (Fsp3) is 0.211. The molecule has 0 radical (unpaired) electrons. The van der Waals surface area contributed by atoms with E-state index in [2.05, 4.69) is 15.5 Å². The van der Waals surface area contributed by atoms with Crippen LogP contribution in [0.15, 0.2) is 59.8 Å². The van der Waals surface area contributed by atoms with Gasteiger partial charge in [0.1, 0.15) is 0 Å². The molecular weight excluding hydrogens is 332 g/mol. The van der Waals surface area contributed by atoms with Gasteiger partial charge in [0.05, 0.1) is 0 Å². The van der Waals surface area contributed by atoms with Crippen molar-refractivity contribution in [3.8, 4) is 11.4 Å². The van der Waals surface area contributed by atoms with Crippen LogP contribution < -0.4 is 5.32 Å². The second kappa shape index (κ2) is 7.98. The first-order valence-corrected chi connectivity index (χ1v) is 9.07. The van der Waals surface area contributed by atoms with Crippen LogP contribution in [-0.2, 0) is 11.8 Å². The van der Waals surface area contributed by atoms with Crippen LogP contribution in [0.3, 0.4) is 0 Å². The van der Waals surface area contributed by atoms with Crippen molar-refractivity contribution in [1.82, 2.24) is 14.8 Å². The lowest BCUT2D eigenvalue weighted by molar-refractivity contribution is -0.115. The third-order valence-corrected chi connectivity index (χ3v) is 4.87. The molecule has 1 N–H and O–H groups in total. The summed E-state index contributed by atoms with van der Waals surface area (Å²) in [6.45, 7) is 1.98. The maximum absolute atomic E-state index is 12.1. The van der Waals surface area contributed by atoms with E-state index in [1.807, 2.05) is 73.1 Å². The molecule has 0 aliphatic carbocycles. The Morgan fingerprint density at radius 2 is 1.80 bits per heavy atom. The number of rotatable bonds is 6. The Kier molecular flexibility index (Phi) is 5.50. The van der Waals surface area contributed by atoms with E-state index in [-0.39, 0.29) is 5.91 Å². The number of para-hydroxylation sites is 1. The molecule has 1 aromatic heterocycles. The summed E-state index contributed by atoms with van der Waals surface area (Å²) >= 11 is 1.53. The van der Waals surface area contributed by atoms with Crippen LogP contribution in [-0.4, -0.2) is 26.4 Å². The molecule has 0 spiro atoms. The van der Waals surface area contributed by atoms with Crippen molar-refractivity contribution < 1.29 is 4.79 Å². The first-order valence-electron chi connectivity index (χ1n) is 8.08. The van der Waals surface area contributed by atoms with E-state index in [1.54, 1.807) is 0 Å². The van der Waals surface area contributed by atoms with Crippen molar-refractivity contribution in [3.63, 3.8) is 0 Å². The number of amides is 1. The Hall–Kier alpha value is -2.60. The average molecular weight is 352 g/mol. The highest BCUT2D eigenvalue weighted by atomic mass is 32.2. The molecule has 0 fully saturated rings. The Morgan fingerprint density at radius 1 is 1.08 bits per heavy atom. The maximum Gasteiger partial charge on any atom is 0.225 e. The van der Waals surface area contributed by atoms with E-state index in [0.717, 1.165) is 27.8 Å². The largest absolute Gasteiger partial charge is 0.326 e. The lowest BCUT2D eigenvalue weighted by Gasteiger charge is -2.08. The van der Waals surface area contributed by atoms with Crippen molar-refractivity contribution in [3.05, 3.63) is 60.2 Å². The molecule has 6 heteroatoms. The van der Waals surface area contributed by atoms with Gasteiger partial charge in [0.25, 0.3) is 0 Å². The number of carbonyl (C=O) groups excluding carboxylic acids is 1. The van der Waals surface area contributed by atoms with Crippen LogP contribution in [0.1, 0.15) is 12.0 Å². The van der Waals surface area contributed by atoms with Crippen LogP contribution in [0.5, 0.6) is 0 Å². The summed E-state index contributed by atoms with van der Waals surface area (Å²) in [6.07, 6.45) is 0.423. The van der Waals surface area contributed by atoms with Gasteiger partial charge in [-0.15, -0.1) is 10.2 Å². The fourth-order valence-electron chi connectivity index (χ4n) is 2.44. The van der Waals surface area contributed by atoms with Crippen molar-refractivity contribution in [2.24, 2.45) is 7.05 Å². The molecule has 3 aromatic rings. The van der Waals surface area contributed by atoms with Crippen molar-refractivity contribution >= 4 is 23.4 Å². The number of nitrogens with zero attached hydrogens (tertiary/aromatic N) is 3. The van der Waals surface area contributed by atoms with Gasteiger partial charge in [-0.1, -0.05) is 60.3 Å². The number of anilines is 1. The van der Waals surface area contributed by atoms with Gasteiger partial charge in [-0.25, -0.2) is 0 Å². The predicted octanol–water partition coefficient (Wildman–Crippen LogP) is 3.91. The average Bonchev–Trinajstić information content (AvgIpc) is 2.99. The third-order valence-electron chi connectivity index (χ3n) is 3.85. The number of hydrogen-bond acceptors (Lipinski definition) is 4. The normalized spacial score (nSPS) is 10.6. The summed E-state index contributed by atoms with van der Waals surface area (Å²) in [7, 11) is 1.94. The van der Waals surface area contributed by atoms with Gasteiger partial charge in [0.2, 0.25) is 5.91 Å². The van der Waals surface area contributed by atoms with Gasteiger partial charge < -0.3 is 9.88 Å². The van der Waals surface area contributed by atoms with E-state index in [1.165, 1.54) is 11.8 Å². The number of nitrogens with one attached hydrogen (secondary N) is 1. The van der Waals surface area contributed by atoms with Gasteiger partial charge >= 0.3 is 0 Å². The molecule has 5 nitrogen and oxygen atoms in total. The van der Waals surface area contributed by atoms with Crippen molar-refractivity contribution in [1.29, 1.82) is 0 Å². The first-order chi connectivity index (χ1) is 12.1. The number of carbonyl (C=O) groups is 1. The molecule has 0 saturated carbocycles. The van der Waals surface area contributed by atoms with Crippen LogP contribution in [0, 0.1) is 6.92 Å². The van der Waals surface area contributed by atoms with Crippen molar-refractivity contribution in [2.45, 2.75) is 18.5 Å². The minimum Gasteiger partial charge on any atom is -0.326 e. The second-order valence-corrected chi connectivity index (χ2v) is 6.75. The van der Waals surface area contributed by atoms with Gasteiger partial charge in [-0.05, 0) is 18.6 Å². The molecule has 25 heavy (non-hydrogen) atoms. The molecule has 0 saturated heterocycles. The molecule has 0 atom stereocenters. The standard InChI is InChI=1S/C19H20N4OS/c1-14-8-6-7-11-16(14)20-17(24)12-13-25-19-22-21-18(23(19)2)15-9-4-3-5-10-15/h3-11H,12-13H2,1-2H3,(H,20,24). The molecule has 0 aliphatic heterocycles. The number of aromatic nitrogens is 3. The van der Waals surface area contributed by atoms with Gasteiger partial charge in [-0.3, -0.25) is 4.79 Å². The molecule has 0 bridgehead atoms. The molecule has 0 aliphatic rings. The summed E-state index contributed by atoms with van der Waals surface area (Å²) in [6, 6.07) is 17.7. The number of benzene rings is 2. The van der Waals surface area contributed by atoms with E-state index in [9.17, 15) is 4.79 Å². The lowest BCUT2D eigenvalue weighted by atomic mass is 10.2. The minimum absolute atomic E-state index is 0.00671. The molecule has 2 aromatic carbocycles. The van der Waals surface area contributed by atoms with E-state index in [0.29, 0.717) is 12.2 Å². The highest BCUT2D eigenvalue weighted by molar-refractivity contribution is 7.99. The van der Waals surface area contributed by atoms with Crippen LogP contribution in [0.2, 0.25) is 0 Å². The quantitative estimate of drug-likeness (QED) is 0.683. The Labute approximate surface area is 151 Å². The summed E-state index contributed by atoms with van der Waals surface area (Å²) in [5.74, 6) is 1.48. The Balaban J connectivity index is 1.55. The highest BCUT2D eigenvalue weighted by Crippen LogP contribution is 2.23. The molecule has 1 amide bonds. The smallest absolute Gasteiger partial charge is 0.225 e. The molecule has 3 rings (SSSR count). The molecule has 128 valence electrons. The Bertz CT molecular complexity index is 861. The number of thioether (sulfide) groups is 1. The fourth-order valence-corrected chi connectivity index (χ4v) is 3.29. The SMILES string of the molecule is Cc1ccccc1NC(=O)CCSc1nnc(-c2ccccc2)n1C. The zero-order valence-corrected chi connectivity index (χ0v) is 15.1. The number of aryl methyl sites for hydroxylation is 1. The summed E-state index contributed by atoms with van der Waals surface area (Å²) in [5.41, 5.74) is 2.95. The van der Waals surface area contributed by atoms with Crippen LogP contribution in [0.4, 0.5) is 5.69 Å². The third kappa shape index (κ3) is 4.28. The van der Waals surface area contributed by atoms with E-state index in [4.69, 9.17) is 0 Å². The maximum atomic E-state index is 12.1. The molecule has 0 unspecified atom stereocenters. The highest BCUT2D eigenvalue weighted by Gasteiger charge is 2.12. The molecule has 1 heterocycles. The zero-order chi connectivity index (χ0) is 17.6. The zero-order valence-electron chi connectivity index (χ0n) is 14.3. The summed E-state index contributed by atoms with van der Waals surface area (Å²) in [5, 5.41) is 12.2. The predicted molar refractivity (Wildman–Crippen MR) is 102 cm³/mol. The minimum atomic E-state index is 0.00671. The van der Waals surface area contributed by atoms with Crippen LogP contribution >= 0.6 is 11.8 Å². The van der Waals surface area contributed by atoms with E-state index < -0.39 is 0 Å². The van der Waals surface area contributed by atoms with Crippen LogP contribution in [0.25, 0.3) is 11.4 Å². The Morgan fingerprint density at radius 3 is 2.56 bits per heavy atom.